The average Bonchev–Trinajstić information content (AvgIpc) is 2.04. The van der Waals surface area contributed by atoms with Gasteiger partial charge in [-0.1, -0.05) is 12.1 Å². The second-order valence-corrected chi connectivity index (χ2v) is 2.53. The van der Waals surface area contributed by atoms with E-state index in [0.29, 0.717) is 17.4 Å². The highest BCUT2D eigenvalue weighted by molar-refractivity contribution is 5.77. The molecule has 0 aromatic heterocycles. The minimum Gasteiger partial charge on any atom is -0.298 e. The first kappa shape index (κ1) is 8.84. The van der Waals surface area contributed by atoms with E-state index in [2.05, 4.69) is 0 Å². The van der Waals surface area contributed by atoms with Crippen molar-refractivity contribution in [2.24, 2.45) is 0 Å². The maximum absolute atomic E-state index is 12.1. The number of alkyl halides is 2. The number of carbonyl (C=O) groups is 1. The van der Waals surface area contributed by atoms with Crippen molar-refractivity contribution in [1.29, 1.82) is 0 Å². The smallest absolute Gasteiger partial charge is 0.263 e. The van der Waals surface area contributed by atoms with Gasteiger partial charge < -0.3 is 0 Å². The second kappa shape index (κ2) is 3.43. The van der Waals surface area contributed by atoms with Crippen molar-refractivity contribution in [3.8, 4) is 0 Å². The van der Waals surface area contributed by atoms with Crippen LogP contribution in [0.3, 0.4) is 0 Å². The van der Waals surface area contributed by atoms with Crippen LogP contribution in [-0.4, -0.2) is 6.29 Å². The predicted octanol–water partition coefficient (Wildman–Crippen LogP) is 2.75. The molecule has 1 aromatic carbocycles. The van der Waals surface area contributed by atoms with Crippen LogP contribution in [0.4, 0.5) is 8.78 Å². The molecule has 1 nitrogen and oxygen atoms in total. The third-order valence-electron chi connectivity index (χ3n) is 1.67. The number of rotatable bonds is 2. The van der Waals surface area contributed by atoms with E-state index in [1.54, 1.807) is 6.92 Å². The fraction of sp³-hybridized carbons (Fsp3) is 0.222. The Morgan fingerprint density at radius 3 is 2.50 bits per heavy atom. The normalized spacial score (nSPS) is 10.3. The van der Waals surface area contributed by atoms with Crippen molar-refractivity contribution in [2.75, 3.05) is 0 Å². The monoisotopic (exact) mass is 170 g/mol. The molecule has 64 valence electrons. The predicted molar refractivity (Wildman–Crippen MR) is 41.5 cm³/mol. The Morgan fingerprint density at radius 1 is 1.42 bits per heavy atom. The average molecular weight is 170 g/mol. The van der Waals surface area contributed by atoms with Crippen LogP contribution in [0.25, 0.3) is 0 Å². The van der Waals surface area contributed by atoms with E-state index in [-0.39, 0.29) is 5.56 Å². The summed E-state index contributed by atoms with van der Waals surface area (Å²) in [6.07, 6.45) is -1.81. The van der Waals surface area contributed by atoms with Crippen molar-refractivity contribution in [3.05, 3.63) is 34.9 Å². The molecular weight excluding hydrogens is 162 g/mol. The number of halogens is 2. The Kier molecular flexibility index (Phi) is 2.53. The molecule has 0 spiro atoms. The Bertz CT molecular complexity index is 295. The van der Waals surface area contributed by atoms with Gasteiger partial charge in [-0.15, -0.1) is 0 Å². The zero-order valence-corrected chi connectivity index (χ0v) is 6.55. The molecule has 12 heavy (non-hydrogen) atoms. The van der Waals surface area contributed by atoms with Crippen LogP contribution in [0, 0.1) is 6.92 Å². The molecule has 0 aliphatic rings. The molecule has 0 saturated heterocycles. The van der Waals surface area contributed by atoms with E-state index in [4.69, 9.17) is 0 Å². The van der Waals surface area contributed by atoms with Crippen molar-refractivity contribution >= 4 is 6.29 Å². The number of aldehydes is 1. The maximum Gasteiger partial charge on any atom is 0.263 e. The number of aryl methyl sites for hydroxylation is 1. The Morgan fingerprint density at radius 2 is 2.08 bits per heavy atom. The lowest BCUT2D eigenvalue weighted by molar-refractivity contribution is 0.112. The molecule has 1 aromatic rings. The third kappa shape index (κ3) is 1.67. The van der Waals surface area contributed by atoms with E-state index < -0.39 is 6.43 Å². The van der Waals surface area contributed by atoms with Crippen LogP contribution in [-0.2, 0) is 0 Å². The summed E-state index contributed by atoms with van der Waals surface area (Å²) < 4.78 is 24.2. The van der Waals surface area contributed by atoms with Gasteiger partial charge in [0.15, 0.2) is 0 Å². The van der Waals surface area contributed by atoms with Gasteiger partial charge in [0.25, 0.3) is 6.43 Å². The molecular formula is C9H8F2O. The Balaban J connectivity index is 3.10. The zero-order valence-electron chi connectivity index (χ0n) is 6.55. The van der Waals surface area contributed by atoms with Crippen LogP contribution in [0.15, 0.2) is 18.2 Å². The van der Waals surface area contributed by atoms with E-state index >= 15 is 0 Å². The molecule has 0 aliphatic heterocycles. The highest BCUT2D eigenvalue weighted by atomic mass is 19.3. The number of benzene rings is 1. The highest BCUT2D eigenvalue weighted by Gasteiger charge is 2.07. The molecule has 0 unspecified atom stereocenters. The molecule has 0 bridgehead atoms. The molecule has 0 atom stereocenters. The minimum absolute atomic E-state index is 0.0434. The first-order valence-corrected chi connectivity index (χ1v) is 3.49. The summed E-state index contributed by atoms with van der Waals surface area (Å²) in [6.45, 7) is 1.63. The fourth-order valence-corrected chi connectivity index (χ4v) is 0.967. The quantitative estimate of drug-likeness (QED) is 0.623. The zero-order chi connectivity index (χ0) is 9.14. The SMILES string of the molecule is Cc1cc(C(F)F)ccc1C=O. The molecule has 0 saturated carbocycles. The van der Waals surface area contributed by atoms with E-state index in [1.807, 2.05) is 0 Å². The molecule has 3 heteroatoms. The topological polar surface area (TPSA) is 17.1 Å². The number of hydrogen-bond acceptors (Lipinski definition) is 1. The summed E-state index contributed by atoms with van der Waals surface area (Å²) in [5, 5.41) is 0. The van der Waals surface area contributed by atoms with Crippen LogP contribution in [0.2, 0.25) is 0 Å². The van der Waals surface area contributed by atoms with Gasteiger partial charge in [0.2, 0.25) is 0 Å². The van der Waals surface area contributed by atoms with Crippen molar-refractivity contribution < 1.29 is 13.6 Å². The Labute approximate surface area is 69.0 Å². The summed E-state index contributed by atoms with van der Waals surface area (Å²) in [5.41, 5.74) is 1.00. The first-order valence-electron chi connectivity index (χ1n) is 3.49. The van der Waals surface area contributed by atoms with Crippen LogP contribution < -0.4 is 0 Å². The van der Waals surface area contributed by atoms with E-state index in [0.717, 1.165) is 0 Å². The van der Waals surface area contributed by atoms with Gasteiger partial charge in [0.1, 0.15) is 6.29 Å². The molecule has 0 N–H and O–H groups in total. The molecule has 0 radical (unpaired) electrons. The van der Waals surface area contributed by atoms with Gasteiger partial charge in [-0.25, -0.2) is 8.78 Å². The van der Waals surface area contributed by atoms with Gasteiger partial charge in [-0.05, 0) is 18.6 Å². The van der Waals surface area contributed by atoms with Gasteiger partial charge in [-0.2, -0.15) is 0 Å². The largest absolute Gasteiger partial charge is 0.298 e. The Hall–Kier alpha value is -1.25. The first-order chi connectivity index (χ1) is 5.65. The second-order valence-electron chi connectivity index (χ2n) is 2.53. The maximum atomic E-state index is 12.1. The van der Waals surface area contributed by atoms with Crippen molar-refractivity contribution in [3.63, 3.8) is 0 Å². The van der Waals surface area contributed by atoms with Gasteiger partial charge in [0.05, 0.1) is 0 Å². The summed E-state index contributed by atoms with van der Waals surface area (Å²) in [7, 11) is 0. The molecule has 0 aliphatic carbocycles. The van der Waals surface area contributed by atoms with Crippen molar-refractivity contribution in [1.82, 2.24) is 0 Å². The minimum atomic E-state index is -2.47. The number of hydrogen-bond donors (Lipinski definition) is 0. The van der Waals surface area contributed by atoms with Crippen LogP contribution in [0.5, 0.6) is 0 Å². The lowest BCUT2D eigenvalue weighted by Crippen LogP contribution is -1.90. The van der Waals surface area contributed by atoms with Gasteiger partial charge in [0, 0.05) is 11.1 Å². The fourth-order valence-electron chi connectivity index (χ4n) is 0.967. The lowest BCUT2D eigenvalue weighted by atomic mass is 10.1. The summed E-state index contributed by atoms with van der Waals surface area (Å²) in [5.74, 6) is 0. The summed E-state index contributed by atoms with van der Waals surface area (Å²) in [4.78, 5) is 10.3. The van der Waals surface area contributed by atoms with Gasteiger partial charge in [-0.3, -0.25) is 4.79 Å². The third-order valence-corrected chi connectivity index (χ3v) is 1.67. The molecule has 0 fully saturated rings. The van der Waals surface area contributed by atoms with E-state index in [9.17, 15) is 13.6 Å². The highest BCUT2D eigenvalue weighted by Crippen LogP contribution is 2.20. The number of carbonyl (C=O) groups excluding carboxylic acids is 1. The lowest BCUT2D eigenvalue weighted by Gasteiger charge is -2.02. The van der Waals surface area contributed by atoms with Crippen molar-refractivity contribution in [2.45, 2.75) is 13.3 Å². The molecule has 1 rings (SSSR count). The molecule has 0 amide bonds. The van der Waals surface area contributed by atoms with Crippen LogP contribution in [0.1, 0.15) is 27.9 Å². The standard InChI is InChI=1S/C9H8F2O/c1-6-4-7(9(10)11)2-3-8(6)5-12/h2-5,9H,1H3. The molecule has 0 heterocycles. The summed E-state index contributed by atoms with van der Waals surface area (Å²) in [6, 6.07) is 4.00. The van der Waals surface area contributed by atoms with Crippen LogP contribution >= 0.6 is 0 Å². The van der Waals surface area contributed by atoms with Gasteiger partial charge >= 0.3 is 0 Å². The summed E-state index contributed by atoms with van der Waals surface area (Å²) >= 11 is 0. The van der Waals surface area contributed by atoms with E-state index in [1.165, 1.54) is 18.2 Å².